The van der Waals surface area contributed by atoms with Crippen LogP contribution in [0.3, 0.4) is 0 Å². The summed E-state index contributed by atoms with van der Waals surface area (Å²) in [5, 5.41) is 4.14. The lowest BCUT2D eigenvalue weighted by molar-refractivity contribution is 0.317. The van der Waals surface area contributed by atoms with Crippen molar-refractivity contribution < 1.29 is 4.74 Å². The van der Waals surface area contributed by atoms with Gasteiger partial charge in [-0.1, -0.05) is 31.5 Å². The monoisotopic (exact) mass is 255 g/mol. The van der Waals surface area contributed by atoms with E-state index in [9.17, 15) is 0 Å². The van der Waals surface area contributed by atoms with E-state index in [4.69, 9.17) is 16.3 Å². The van der Waals surface area contributed by atoms with Crippen molar-refractivity contribution in [3.63, 3.8) is 0 Å². The Bertz CT molecular complexity index is 341. The zero-order valence-electron chi connectivity index (χ0n) is 10.9. The van der Waals surface area contributed by atoms with Crippen LogP contribution in [0.25, 0.3) is 0 Å². The van der Waals surface area contributed by atoms with Crippen molar-refractivity contribution in [1.29, 1.82) is 0 Å². The van der Waals surface area contributed by atoms with Gasteiger partial charge in [0.05, 0.1) is 11.6 Å². The molecule has 1 aromatic carbocycles. The lowest BCUT2D eigenvalue weighted by atomic mass is 10.2. The third-order valence-corrected chi connectivity index (χ3v) is 3.02. The molecule has 0 spiro atoms. The van der Waals surface area contributed by atoms with Crippen LogP contribution in [0, 0.1) is 0 Å². The Hall–Kier alpha value is -0.730. The van der Waals surface area contributed by atoms with Crippen LogP contribution < -0.4 is 10.1 Å². The fourth-order valence-electron chi connectivity index (χ4n) is 1.42. The lowest BCUT2D eigenvalue weighted by Crippen LogP contribution is -2.24. The Labute approximate surface area is 109 Å². The molecule has 1 rings (SSSR count). The van der Waals surface area contributed by atoms with Crippen LogP contribution >= 0.6 is 11.6 Å². The number of ether oxygens (including phenoxy) is 1. The van der Waals surface area contributed by atoms with E-state index >= 15 is 0 Å². The van der Waals surface area contributed by atoms with Crippen LogP contribution in [0.15, 0.2) is 18.2 Å². The van der Waals surface area contributed by atoms with Crippen molar-refractivity contribution in [1.82, 2.24) is 5.32 Å². The molecule has 0 aliphatic carbocycles. The van der Waals surface area contributed by atoms with Crippen molar-refractivity contribution >= 4 is 11.6 Å². The summed E-state index contributed by atoms with van der Waals surface area (Å²) in [5.74, 6) is 0.779. The first-order valence-electron chi connectivity index (χ1n) is 6.32. The van der Waals surface area contributed by atoms with E-state index in [0.717, 1.165) is 25.1 Å². The average Bonchev–Trinajstić information content (AvgIpc) is 2.34. The predicted octanol–water partition coefficient (Wildman–Crippen LogP) is 4.02. The first-order valence-corrected chi connectivity index (χ1v) is 6.69. The highest BCUT2D eigenvalue weighted by Crippen LogP contribution is 2.25. The Kier molecular flexibility index (Phi) is 6.38. The number of nitrogens with one attached hydrogen (secondary N) is 1. The minimum atomic E-state index is 0.532. The summed E-state index contributed by atoms with van der Waals surface area (Å²) in [6.45, 7) is 8.00. The van der Waals surface area contributed by atoms with Crippen LogP contribution in [0.1, 0.15) is 39.2 Å². The van der Waals surface area contributed by atoms with Gasteiger partial charge in [0.2, 0.25) is 0 Å². The zero-order valence-corrected chi connectivity index (χ0v) is 11.7. The topological polar surface area (TPSA) is 21.3 Å². The molecule has 1 atom stereocenters. The van der Waals surface area contributed by atoms with Gasteiger partial charge in [0.25, 0.3) is 0 Å². The van der Waals surface area contributed by atoms with E-state index in [2.05, 4.69) is 32.2 Å². The molecule has 0 saturated carbocycles. The van der Waals surface area contributed by atoms with E-state index in [1.54, 1.807) is 0 Å². The molecule has 0 unspecified atom stereocenters. The molecule has 1 aromatic rings. The second-order valence-corrected chi connectivity index (χ2v) is 4.71. The summed E-state index contributed by atoms with van der Waals surface area (Å²) < 4.78 is 5.54. The van der Waals surface area contributed by atoms with E-state index in [1.165, 1.54) is 5.56 Å². The average molecular weight is 256 g/mol. The lowest BCUT2D eigenvalue weighted by Gasteiger charge is -2.12. The fourth-order valence-corrected chi connectivity index (χ4v) is 1.68. The Morgan fingerprint density at radius 1 is 1.35 bits per heavy atom. The molecule has 0 fully saturated rings. The predicted molar refractivity (Wildman–Crippen MR) is 73.8 cm³/mol. The number of halogens is 1. The maximum atomic E-state index is 6.16. The van der Waals surface area contributed by atoms with Gasteiger partial charge in [-0.25, -0.2) is 0 Å². The summed E-state index contributed by atoms with van der Waals surface area (Å²) in [6.07, 6.45) is 2.12. The van der Waals surface area contributed by atoms with Crippen molar-refractivity contribution in [2.45, 2.75) is 46.2 Å². The molecule has 17 heavy (non-hydrogen) atoms. The smallest absolute Gasteiger partial charge is 0.137 e. The van der Waals surface area contributed by atoms with Crippen molar-refractivity contribution in [3.05, 3.63) is 28.8 Å². The number of hydrogen-bond acceptors (Lipinski definition) is 2. The second kappa shape index (κ2) is 7.57. The van der Waals surface area contributed by atoms with E-state index < -0.39 is 0 Å². The molecular weight excluding hydrogens is 234 g/mol. The summed E-state index contributed by atoms with van der Waals surface area (Å²) in [5.41, 5.74) is 1.19. The van der Waals surface area contributed by atoms with Crippen LogP contribution in [0.4, 0.5) is 0 Å². The molecule has 0 aromatic heterocycles. The van der Waals surface area contributed by atoms with Gasteiger partial charge < -0.3 is 10.1 Å². The molecule has 0 amide bonds. The third-order valence-electron chi connectivity index (χ3n) is 2.73. The van der Waals surface area contributed by atoms with Gasteiger partial charge in [0, 0.05) is 12.6 Å². The standard InChI is InChI=1S/C14H22ClNO/c1-4-8-17-14-7-6-12(9-13(14)15)10-16-11(3)5-2/h6-7,9,11,16H,4-5,8,10H2,1-3H3/t11-/m0/s1. The highest BCUT2D eigenvalue weighted by atomic mass is 35.5. The molecule has 0 saturated heterocycles. The molecular formula is C14H22ClNO. The molecule has 96 valence electrons. The highest BCUT2D eigenvalue weighted by Gasteiger charge is 2.04. The van der Waals surface area contributed by atoms with E-state index in [1.807, 2.05) is 12.1 Å². The number of hydrogen-bond donors (Lipinski definition) is 1. The second-order valence-electron chi connectivity index (χ2n) is 4.30. The minimum Gasteiger partial charge on any atom is -0.492 e. The van der Waals surface area contributed by atoms with Gasteiger partial charge in [-0.05, 0) is 37.5 Å². The van der Waals surface area contributed by atoms with Crippen molar-refractivity contribution in [3.8, 4) is 5.75 Å². The van der Waals surface area contributed by atoms with Gasteiger partial charge >= 0.3 is 0 Å². The molecule has 0 radical (unpaired) electrons. The summed E-state index contributed by atoms with van der Waals surface area (Å²) in [7, 11) is 0. The number of benzene rings is 1. The van der Waals surface area contributed by atoms with Crippen molar-refractivity contribution in [2.75, 3.05) is 6.61 Å². The molecule has 0 aliphatic heterocycles. The van der Waals surface area contributed by atoms with Crippen LogP contribution in [0.5, 0.6) is 5.75 Å². The highest BCUT2D eigenvalue weighted by molar-refractivity contribution is 6.32. The normalized spacial score (nSPS) is 12.5. The van der Waals surface area contributed by atoms with E-state index in [-0.39, 0.29) is 0 Å². The molecule has 0 bridgehead atoms. The van der Waals surface area contributed by atoms with Gasteiger partial charge in [0.1, 0.15) is 5.75 Å². The fraction of sp³-hybridized carbons (Fsp3) is 0.571. The van der Waals surface area contributed by atoms with Crippen LogP contribution in [-0.4, -0.2) is 12.6 Å². The number of rotatable bonds is 7. The Morgan fingerprint density at radius 3 is 2.71 bits per heavy atom. The minimum absolute atomic E-state index is 0.532. The molecule has 0 heterocycles. The summed E-state index contributed by atoms with van der Waals surface area (Å²) in [6, 6.07) is 6.52. The third kappa shape index (κ3) is 4.97. The maximum absolute atomic E-state index is 6.16. The quantitative estimate of drug-likeness (QED) is 0.795. The van der Waals surface area contributed by atoms with Crippen molar-refractivity contribution in [2.24, 2.45) is 0 Å². The zero-order chi connectivity index (χ0) is 12.7. The Balaban J connectivity index is 2.55. The first-order chi connectivity index (χ1) is 8.17. The van der Waals surface area contributed by atoms with Gasteiger partial charge in [0.15, 0.2) is 0 Å². The first kappa shape index (κ1) is 14.3. The maximum Gasteiger partial charge on any atom is 0.137 e. The van der Waals surface area contributed by atoms with Crippen LogP contribution in [-0.2, 0) is 6.54 Å². The van der Waals surface area contributed by atoms with Gasteiger partial charge in [-0.2, -0.15) is 0 Å². The SMILES string of the molecule is CCCOc1ccc(CN[C@@H](C)CC)cc1Cl. The molecule has 0 aliphatic rings. The molecule has 2 nitrogen and oxygen atoms in total. The summed E-state index contributed by atoms with van der Waals surface area (Å²) in [4.78, 5) is 0. The van der Waals surface area contributed by atoms with Gasteiger partial charge in [-0.3, -0.25) is 0 Å². The molecule has 3 heteroatoms. The Morgan fingerprint density at radius 2 is 2.12 bits per heavy atom. The largest absolute Gasteiger partial charge is 0.492 e. The van der Waals surface area contributed by atoms with Gasteiger partial charge in [-0.15, -0.1) is 0 Å². The van der Waals surface area contributed by atoms with Crippen LogP contribution in [0.2, 0.25) is 5.02 Å². The molecule has 1 N–H and O–H groups in total. The van der Waals surface area contributed by atoms with E-state index in [0.29, 0.717) is 17.7 Å². The summed E-state index contributed by atoms with van der Waals surface area (Å²) >= 11 is 6.16.